The Labute approximate surface area is 201 Å². The number of amides is 1. The van der Waals surface area contributed by atoms with Crippen molar-refractivity contribution in [1.82, 2.24) is 14.2 Å². The van der Waals surface area contributed by atoms with Gasteiger partial charge in [-0.15, -0.1) is 0 Å². The fourth-order valence-corrected chi connectivity index (χ4v) is 4.19. The van der Waals surface area contributed by atoms with Gasteiger partial charge in [0.1, 0.15) is 24.6 Å². The standard InChI is InChI=1S/C26H26N4O5/c1-16-20(9-11-24(31)27-18-6-10-22-23(14-18)35-13-12-34-22)26(32)30-25(29(16)2)15-21(28-30)17-4-7-19(33-3)8-5-17/h4-8,10,14-15H,9,11-13H2,1-3H3,(H,27,31). The molecular weight excluding hydrogens is 448 g/mol. The van der Waals surface area contributed by atoms with Crippen molar-refractivity contribution in [3.05, 3.63) is 70.1 Å². The first-order valence-electron chi connectivity index (χ1n) is 11.4. The van der Waals surface area contributed by atoms with Crippen LogP contribution in [0.15, 0.2) is 53.3 Å². The second kappa shape index (κ2) is 9.17. The van der Waals surface area contributed by atoms with Crippen molar-refractivity contribution in [2.24, 2.45) is 7.05 Å². The summed E-state index contributed by atoms with van der Waals surface area (Å²) in [5, 5.41) is 7.42. The quantitative estimate of drug-likeness (QED) is 0.460. The predicted octanol–water partition coefficient (Wildman–Crippen LogP) is 3.36. The van der Waals surface area contributed by atoms with Gasteiger partial charge in [-0.25, -0.2) is 0 Å². The van der Waals surface area contributed by atoms with Gasteiger partial charge >= 0.3 is 0 Å². The van der Waals surface area contributed by atoms with Gasteiger partial charge in [0, 0.05) is 48.1 Å². The summed E-state index contributed by atoms with van der Waals surface area (Å²) in [6.07, 6.45) is 0.450. The molecule has 1 aliphatic heterocycles. The molecule has 0 saturated heterocycles. The minimum atomic E-state index is -0.220. The number of nitrogens with one attached hydrogen (secondary N) is 1. The Hall–Kier alpha value is -4.27. The molecule has 35 heavy (non-hydrogen) atoms. The zero-order chi connectivity index (χ0) is 24.5. The molecule has 1 amide bonds. The minimum absolute atomic E-state index is 0.155. The van der Waals surface area contributed by atoms with Crippen molar-refractivity contribution >= 4 is 17.2 Å². The number of hydrogen-bond donors (Lipinski definition) is 1. The number of fused-ring (bicyclic) bond motifs is 2. The Morgan fingerprint density at radius 1 is 1.09 bits per heavy atom. The Bertz CT molecular complexity index is 1470. The van der Waals surface area contributed by atoms with Crippen molar-refractivity contribution in [2.75, 3.05) is 25.6 Å². The molecule has 9 heteroatoms. The lowest BCUT2D eigenvalue weighted by atomic mass is 10.1. The van der Waals surface area contributed by atoms with E-state index in [1.165, 1.54) is 4.52 Å². The molecule has 0 atom stereocenters. The topological polar surface area (TPSA) is 96.1 Å². The van der Waals surface area contributed by atoms with Crippen LogP contribution in [0.1, 0.15) is 17.7 Å². The number of carbonyl (C=O) groups is 1. The molecule has 0 radical (unpaired) electrons. The predicted molar refractivity (Wildman–Crippen MR) is 132 cm³/mol. The fourth-order valence-electron chi connectivity index (χ4n) is 4.19. The number of carbonyl (C=O) groups excluding carboxylic acids is 1. The average molecular weight is 475 g/mol. The molecule has 1 aliphatic rings. The summed E-state index contributed by atoms with van der Waals surface area (Å²) in [6.45, 7) is 2.87. The molecule has 0 bridgehead atoms. The van der Waals surface area contributed by atoms with E-state index in [2.05, 4.69) is 10.4 Å². The first-order valence-corrected chi connectivity index (χ1v) is 11.4. The van der Waals surface area contributed by atoms with E-state index in [9.17, 15) is 9.59 Å². The molecule has 4 aromatic rings. The van der Waals surface area contributed by atoms with Crippen LogP contribution in [0.25, 0.3) is 16.9 Å². The van der Waals surface area contributed by atoms with Crippen molar-refractivity contribution in [3.8, 4) is 28.5 Å². The summed E-state index contributed by atoms with van der Waals surface area (Å²) in [7, 11) is 3.51. The number of rotatable bonds is 6. The van der Waals surface area contributed by atoms with Crippen LogP contribution in [0.2, 0.25) is 0 Å². The highest BCUT2D eigenvalue weighted by molar-refractivity contribution is 5.91. The average Bonchev–Trinajstić information content (AvgIpc) is 3.33. The molecule has 3 heterocycles. The molecule has 2 aromatic heterocycles. The SMILES string of the molecule is COc1ccc(-c2cc3n(C)c(C)c(CCC(=O)Nc4ccc5c(c4)OCCO5)c(=O)n3n2)cc1. The zero-order valence-electron chi connectivity index (χ0n) is 19.8. The molecule has 0 spiro atoms. The number of ether oxygens (including phenoxy) is 3. The van der Waals surface area contributed by atoms with Crippen LogP contribution in [0.5, 0.6) is 17.2 Å². The molecule has 2 aromatic carbocycles. The van der Waals surface area contributed by atoms with Crippen LogP contribution >= 0.6 is 0 Å². The minimum Gasteiger partial charge on any atom is -0.497 e. The lowest BCUT2D eigenvalue weighted by Gasteiger charge is -2.19. The first kappa shape index (κ1) is 22.5. The van der Waals surface area contributed by atoms with Gasteiger partial charge in [0.2, 0.25) is 5.91 Å². The highest BCUT2D eigenvalue weighted by Crippen LogP contribution is 2.32. The molecule has 1 N–H and O–H groups in total. The maximum absolute atomic E-state index is 13.3. The fraction of sp³-hybridized carbons (Fsp3) is 0.269. The summed E-state index contributed by atoms with van der Waals surface area (Å²) in [5.41, 5.74) is 4.01. The number of hydrogen-bond acceptors (Lipinski definition) is 6. The lowest BCUT2D eigenvalue weighted by Crippen LogP contribution is -2.26. The number of anilines is 1. The molecule has 0 saturated carbocycles. The van der Waals surface area contributed by atoms with Crippen LogP contribution < -0.4 is 25.1 Å². The van der Waals surface area contributed by atoms with E-state index in [1.54, 1.807) is 25.3 Å². The third kappa shape index (κ3) is 4.32. The number of aryl methyl sites for hydroxylation is 1. The summed E-state index contributed by atoms with van der Waals surface area (Å²) < 4.78 is 19.6. The Balaban J connectivity index is 1.36. The molecule has 0 unspecified atom stereocenters. The van der Waals surface area contributed by atoms with Crippen molar-refractivity contribution in [3.63, 3.8) is 0 Å². The number of benzene rings is 2. The Kier molecular flexibility index (Phi) is 5.90. The van der Waals surface area contributed by atoms with Crippen molar-refractivity contribution in [2.45, 2.75) is 19.8 Å². The number of nitrogens with zero attached hydrogens (tertiary/aromatic N) is 3. The van der Waals surface area contributed by atoms with E-state index in [0.717, 1.165) is 17.0 Å². The van der Waals surface area contributed by atoms with E-state index >= 15 is 0 Å². The summed E-state index contributed by atoms with van der Waals surface area (Å²) >= 11 is 0. The van der Waals surface area contributed by atoms with E-state index < -0.39 is 0 Å². The van der Waals surface area contributed by atoms with Crippen molar-refractivity contribution in [1.29, 1.82) is 0 Å². The second-order valence-corrected chi connectivity index (χ2v) is 8.36. The van der Waals surface area contributed by atoms with E-state index in [-0.39, 0.29) is 17.9 Å². The van der Waals surface area contributed by atoms with Gasteiger partial charge in [-0.2, -0.15) is 9.61 Å². The summed E-state index contributed by atoms with van der Waals surface area (Å²) in [5.74, 6) is 1.83. The largest absolute Gasteiger partial charge is 0.497 e. The van der Waals surface area contributed by atoms with Crippen LogP contribution in [-0.4, -0.2) is 40.4 Å². The van der Waals surface area contributed by atoms with Crippen LogP contribution in [-0.2, 0) is 18.3 Å². The van der Waals surface area contributed by atoms with Gasteiger partial charge in [0.05, 0.1) is 12.8 Å². The van der Waals surface area contributed by atoms with Crippen molar-refractivity contribution < 1.29 is 19.0 Å². The maximum atomic E-state index is 13.3. The van der Waals surface area contributed by atoms with Gasteiger partial charge in [0.25, 0.3) is 5.56 Å². The molecular formula is C26H26N4O5. The highest BCUT2D eigenvalue weighted by atomic mass is 16.6. The van der Waals surface area contributed by atoms with Gasteiger partial charge < -0.3 is 24.1 Å². The monoisotopic (exact) mass is 474 g/mol. The van der Waals surface area contributed by atoms with Gasteiger partial charge in [-0.05, 0) is 49.7 Å². The van der Waals surface area contributed by atoms with Gasteiger partial charge in [-0.1, -0.05) is 0 Å². The normalized spacial score (nSPS) is 12.5. The Morgan fingerprint density at radius 2 is 1.83 bits per heavy atom. The van der Waals surface area contributed by atoms with Gasteiger partial charge in [0.15, 0.2) is 11.5 Å². The Morgan fingerprint density at radius 3 is 2.57 bits per heavy atom. The highest BCUT2D eigenvalue weighted by Gasteiger charge is 2.18. The van der Waals surface area contributed by atoms with E-state index in [1.807, 2.05) is 48.9 Å². The third-order valence-corrected chi connectivity index (χ3v) is 6.24. The molecule has 9 nitrogen and oxygen atoms in total. The maximum Gasteiger partial charge on any atom is 0.277 e. The molecule has 5 rings (SSSR count). The van der Waals surface area contributed by atoms with E-state index in [0.29, 0.717) is 53.7 Å². The van der Waals surface area contributed by atoms with E-state index in [4.69, 9.17) is 14.2 Å². The zero-order valence-corrected chi connectivity index (χ0v) is 19.8. The summed E-state index contributed by atoms with van der Waals surface area (Å²) in [6, 6.07) is 14.7. The molecule has 180 valence electrons. The summed E-state index contributed by atoms with van der Waals surface area (Å²) in [4.78, 5) is 25.9. The molecule has 0 aliphatic carbocycles. The lowest BCUT2D eigenvalue weighted by molar-refractivity contribution is -0.116. The first-order chi connectivity index (χ1) is 16.9. The molecule has 0 fully saturated rings. The third-order valence-electron chi connectivity index (χ3n) is 6.24. The van der Waals surface area contributed by atoms with Crippen LogP contribution in [0, 0.1) is 6.92 Å². The second-order valence-electron chi connectivity index (χ2n) is 8.36. The van der Waals surface area contributed by atoms with Gasteiger partial charge in [-0.3, -0.25) is 9.59 Å². The van der Waals surface area contributed by atoms with Crippen LogP contribution in [0.4, 0.5) is 5.69 Å². The number of methoxy groups -OCH3 is 1. The number of aromatic nitrogens is 3. The smallest absolute Gasteiger partial charge is 0.277 e. The van der Waals surface area contributed by atoms with Crippen LogP contribution in [0.3, 0.4) is 0 Å².